The molecule has 0 spiro atoms. The van der Waals surface area contributed by atoms with Crippen LogP contribution in [0.4, 0.5) is 0 Å². The van der Waals surface area contributed by atoms with Crippen LogP contribution in [-0.2, 0) is 22.6 Å². The van der Waals surface area contributed by atoms with Gasteiger partial charge in [0.1, 0.15) is 6.54 Å². The minimum atomic E-state index is -0.305. The van der Waals surface area contributed by atoms with Crippen LogP contribution in [-0.4, -0.2) is 41.7 Å². The largest absolute Gasteiger partial charge is 0.491 e. The Balaban J connectivity index is 1.78. The molecular weight excluding hydrogens is 344 g/mol. The zero-order valence-electron chi connectivity index (χ0n) is 15.9. The van der Waals surface area contributed by atoms with Gasteiger partial charge < -0.3 is 18.9 Å². The van der Waals surface area contributed by atoms with Crippen LogP contribution in [0, 0.1) is 6.92 Å². The van der Waals surface area contributed by atoms with Gasteiger partial charge in [0.2, 0.25) is 5.91 Å². The minimum Gasteiger partial charge on any atom is -0.491 e. The van der Waals surface area contributed by atoms with Crippen molar-refractivity contribution in [3.05, 3.63) is 64.1 Å². The molecule has 2 heterocycles. The zero-order chi connectivity index (χ0) is 19.2. The van der Waals surface area contributed by atoms with E-state index < -0.39 is 0 Å². The monoisotopic (exact) mass is 370 g/mol. The van der Waals surface area contributed by atoms with Gasteiger partial charge in [0, 0.05) is 25.9 Å². The van der Waals surface area contributed by atoms with E-state index in [1.54, 1.807) is 23.2 Å². The van der Waals surface area contributed by atoms with Crippen molar-refractivity contribution in [3.8, 4) is 5.75 Å². The van der Waals surface area contributed by atoms with Crippen LogP contribution >= 0.6 is 0 Å². The number of carbonyl (C=O) groups is 1. The molecule has 1 aliphatic rings. The first kappa shape index (κ1) is 19.2. The van der Waals surface area contributed by atoms with Crippen LogP contribution in [0.3, 0.4) is 0 Å². The SMILES string of the molecule is COc1cccn(CC(=O)N(Cc2cccc(C)c2)CC2CCCO2)c1=O. The van der Waals surface area contributed by atoms with Crippen LogP contribution < -0.4 is 10.3 Å². The fraction of sp³-hybridized carbons (Fsp3) is 0.429. The molecule has 1 unspecified atom stereocenters. The molecule has 1 fully saturated rings. The molecule has 1 atom stereocenters. The van der Waals surface area contributed by atoms with E-state index in [-0.39, 0.29) is 29.9 Å². The molecule has 0 aliphatic carbocycles. The molecule has 1 aliphatic heterocycles. The highest BCUT2D eigenvalue weighted by Crippen LogP contribution is 2.16. The maximum Gasteiger partial charge on any atom is 0.293 e. The second kappa shape index (κ2) is 8.86. The molecule has 144 valence electrons. The molecule has 1 saturated heterocycles. The van der Waals surface area contributed by atoms with Gasteiger partial charge >= 0.3 is 0 Å². The third-order valence-corrected chi connectivity index (χ3v) is 4.77. The summed E-state index contributed by atoms with van der Waals surface area (Å²) in [5, 5.41) is 0. The van der Waals surface area contributed by atoms with E-state index in [1.807, 2.05) is 25.1 Å². The lowest BCUT2D eigenvalue weighted by Gasteiger charge is -2.26. The number of ether oxygens (including phenoxy) is 2. The smallest absolute Gasteiger partial charge is 0.293 e. The number of hydrogen-bond donors (Lipinski definition) is 0. The summed E-state index contributed by atoms with van der Waals surface area (Å²) in [4.78, 5) is 27.1. The molecule has 27 heavy (non-hydrogen) atoms. The van der Waals surface area contributed by atoms with Crippen LogP contribution in [0.1, 0.15) is 24.0 Å². The fourth-order valence-corrected chi connectivity index (χ4v) is 3.36. The number of rotatable bonds is 7. The number of pyridine rings is 1. The summed E-state index contributed by atoms with van der Waals surface area (Å²) in [7, 11) is 1.45. The first-order valence-corrected chi connectivity index (χ1v) is 9.25. The number of aryl methyl sites for hydroxylation is 1. The van der Waals surface area contributed by atoms with Gasteiger partial charge in [-0.2, -0.15) is 0 Å². The van der Waals surface area contributed by atoms with Crippen LogP contribution in [0.2, 0.25) is 0 Å². The maximum atomic E-state index is 13.0. The molecule has 0 bridgehead atoms. The topological polar surface area (TPSA) is 60.8 Å². The highest BCUT2D eigenvalue weighted by Gasteiger charge is 2.23. The Morgan fingerprint density at radius 3 is 2.89 bits per heavy atom. The number of benzene rings is 1. The van der Waals surface area contributed by atoms with E-state index in [2.05, 4.69) is 6.07 Å². The van der Waals surface area contributed by atoms with Crippen molar-refractivity contribution in [3.63, 3.8) is 0 Å². The highest BCUT2D eigenvalue weighted by atomic mass is 16.5. The lowest BCUT2D eigenvalue weighted by Crippen LogP contribution is -2.40. The van der Waals surface area contributed by atoms with Crippen molar-refractivity contribution < 1.29 is 14.3 Å². The molecule has 6 nitrogen and oxygen atoms in total. The molecule has 2 aromatic rings. The summed E-state index contributed by atoms with van der Waals surface area (Å²) in [6.07, 6.45) is 3.64. The number of amides is 1. The van der Waals surface area contributed by atoms with E-state index in [1.165, 1.54) is 11.7 Å². The fourth-order valence-electron chi connectivity index (χ4n) is 3.36. The van der Waals surface area contributed by atoms with E-state index in [0.29, 0.717) is 13.1 Å². The molecule has 0 N–H and O–H groups in total. The predicted octanol–water partition coefficient (Wildman–Crippen LogP) is 2.37. The molecule has 1 aromatic heterocycles. The first-order chi connectivity index (χ1) is 13.1. The summed E-state index contributed by atoms with van der Waals surface area (Å²) in [5.74, 6) is 0.122. The second-order valence-corrected chi connectivity index (χ2v) is 6.91. The minimum absolute atomic E-state index is 0.0193. The Morgan fingerprint density at radius 2 is 2.19 bits per heavy atom. The lowest BCUT2D eigenvalue weighted by atomic mass is 10.1. The average Bonchev–Trinajstić information content (AvgIpc) is 3.16. The third-order valence-electron chi connectivity index (χ3n) is 4.77. The molecule has 3 rings (SSSR count). The van der Waals surface area contributed by atoms with Crippen LogP contribution in [0.15, 0.2) is 47.4 Å². The summed E-state index contributed by atoms with van der Waals surface area (Å²) in [6, 6.07) is 11.4. The van der Waals surface area contributed by atoms with E-state index in [4.69, 9.17) is 9.47 Å². The van der Waals surface area contributed by atoms with Crippen molar-refractivity contribution in [2.45, 2.75) is 39.0 Å². The Hall–Kier alpha value is -2.60. The van der Waals surface area contributed by atoms with E-state index in [0.717, 1.165) is 30.6 Å². The number of hydrogen-bond acceptors (Lipinski definition) is 4. The van der Waals surface area contributed by atoms with Crippen molar-refractivity contribution in [1.29, 1.82) is 0 Å². The second-order valence-electron chi connectivity index (χ2n) is 6.91. The summed E-state index contributed by atoms with van der Waals surface area (Å²) < 4.78 is 12.2. The molecule has 0 radical (unpaired) electrons. The summed E-state index contributed by atoms with van der Waals surface area (Å²) >= 11 is 0. The predicted molar refractivity (Wildman–Crippen MR) is 103 cm³/mol. The Morgan fingerprint density at radius 1 is 1.33 bits per heavy atom. The van der Waals surface area contributed by atoms with Gasteiger partial charge in [-0.1, -0.05) is 29.8 Å². The Bertz CT molecular complexity index is 840. The number of carbonyl (C=O) groups excluding carboxylic acids is 1. The van der Waals surface area contributed by atoms with Gasteiger partial charge in [-0.3, -0.25) is 9.59 Å². The molecule has 1 aromatic carbocycles. The van der Waals surface area contributed by atoms with Crippen molar-refractivity contribution >= 4 is 5.91 Å². The number of aromatic nitrogens is 1. The number of nitrogens with zero attached hydrogens (tertiary/aromatic N) is 2. The normalized spacial score (nSPS) is 16.3. The number of methoxy groups -OCH3 is 1. The van der Waals surface area contributed by atoms with Gasteiger partial charge in [0.25, 0.3) is 5.56 Å². The van der Waals surface area contributed by atoms with Crippen molar-refractivity contribution in [1.82, 2.24) is 9.47 Å². The zero-order valence-corrected chi connectivity index (χ0v) is 15.9. The molecule has 6 heteroatoms. The van der Waals surface area contributed by atoms with E-state index >= 15 is 0 Å². The molecule has 0 saturated carbocycles. The first-order valence-electron chi connectivity index (χ1n) is 9.25. The average molecular weight is 370 g/mol. The lowest BCUT2D eigenvalue weighted by molar-refractivity contribution is -0.134. The molecular formula is C21H26N2O4. The van der Waals surface area contributed by atoms with Crippen molar-refractivity contribution in [2.75, 3.05) is 20.3 Å². The molecule has 1 amide bonds. The quantitative estimate of drug-likeness (QED) is 0.751. The maximum absolute atomic E-state index is 13.0. The van der Waals surface area contributed by atoms with Gasteiger partial charge in [-0.25, -0.2) is 0 Å². The van der Waals surface area contributed by atoms with Gasteiger partial charge in [0.05, 0.1) is 13.2 Å². The van der Waals surface area contributed by atoms with Crippen LogP contribution in [0.25, 0.3) is 0 Å². The van der Waals surface area contributed by atoms with Gasteiger partial charge in [-0.05, 0) is 37.5 Å². The summed E-state index contributed by atoms with van der Waals surface area (Å²) in [5.41, 5.74) is 1.92. The Labute approximate surface area is 159 Å². The highest BCUT2D eigenvalue weighted by molar-refractivity contribution is 5.76. The van der Waals surface area contributed by atoms with Crippen molar-refractivity contribution in [2.24, 2.45) is 0 Å². The summed E-state index contributed by atoms with van der Waals surface area (Å²) in [6.45, 7) is 3.79. The third kappa shape index (κ3) is 4.98. The van der Waals surface area contributed by atoms with Gasteiger partial charge in [-0.15, -0.1) is 0 Å². The van der Waals surface area contributed by atoms with Crippen LogP contribution in [0.5, 0.6) is 5.75 Å². The van der Waals surface area contributed by atoms with E-state index in [9.17, 15) is 9.59 Å². The standard InChI is InChI=1S/C21H26N2O4/c1-16-6-3-7-17(12-16)13-23(14-18-8-5-11-27-18)20(24)15-22-10-4-9-19(26-2)21(22)25/h3-4,6-7,9-10,12,18H,5,8,11,13-15H2,1-2H3. The van der Waals surface area contributed by atoms with Gasteiger partial charge in [0.15, 0.2) is 5.75 Å². The Kier molecular flexibility index (Phi) is 6.29.